The second-order valence-corrected chi connectivity index (χ2v) is 8.37. The molecule has 1 aliphatic heterocycles. The topological polar surface area (TPSA) is 82.7 Å². The van der Waals surface area contributed by atoms with Crippen LogP contribution >= 0.6 is 23.2 Å². The lowest BCUT2D eigenvalue weighted by atomic mass is 9.93. The summed E-state index contributed by atoms with van der Waals surface area (Å²) >= 11 is 12.3. The molecule has 0 fully saturated rings. The fraction of sp³-hybridized carbons (Fsp3) is 0.208. The standard InChI is InChI=1S/C24H21Cl2NO4/c1-3-12(2)27-24(30)14-6-4-13(5-7-14)23-15-8-17(25)19(28)10-21(15)31-22-11-20(29)18(26)9-16(22)23/h4-12,24,27-28,30H,3H2,1-2H3. The van der Waals surface area contributed by atoms with E-state index >= 15 is 0 Å². The van der Waals surface area contributed by atoms with E-state index in [2.05, 4.69) is 5.32 Å². The SMILES string of the molecule is CCC(C)NC(O)c1ccc(-c2c3cc(Cl)c(=O)cc-3oc3cc(O)c(Cl)cc23)cc1. The van der Waals surface area contributed by atoms with Gasteiger partial charge in [-0.05, 0) is 36.6 Å². The number of fused-ring (bicyclic) bond motifs is 2. The number of hydrogen-bond donors (Lipinski definition) is 3. The molecule has 2 aliphatic rings. The van der Waals surface area contributed by atoms with Crippen LogP contribution < -0.4 is 10.7 Å². The maximum atomic E-state index is 12.1. The summed E-state index contributed by atoms with van der Waals surface area (Å²) in [5, 5.41) is 24.5. The molecule has 0 saturated heterocycles. The van der Waals surface area contributed by atoms with Crippen LogP contribution in [0.2, 0.25) is 10.0 Å². The number of aliphatic hydroxyl groups excluding tert-OH is 1. The van der Waals surface area contributed by atoms with E-state index in [1.165, 1.54) is 12.1 Å². The Labute approximate surface area is 189 Å². The van der Waals surface area contributed by atoms with E-state index in [0.717, 1.165) is 23.1 Å². The van der Waals surface area contributed by atoms with E-state index in [-0.39, 0.29) is 27.3 Å². The lowest BCUT2D eigenvalue weighted by Gasteiger charge is -2.19. The first-order chi connectivity index (χ1) is 14.8. The molecule has 160 valence electrons. The van der Waals surface area contributed by atoms with Crippen LogP contribution in [0.25, 0.3) is 33.4 Å². The molecule has 2 atom stereocenters. The van der Waals surface area contributed by atoms with Crippen molar-refractivity contribution in [3.8, 4) is 28.2 Å². The van der Waals surface area contributed by atoms with Crippen molar-refractivity contribution in [1.29, 1.82) is 0 Å². The number of benzene rings is 3. The Hall–Kier alpha value is -2.57. The van der Waals surface area contributed by atoms with E-state index in [0.29, 0.717) is 22.3 Å². The predicted octanol–water partition coefficient (Wildman–Crippen LogP) is 5.96. The third kappa shape index (κ3) is 4.14. The first-order valence-electron chi connectivity index (χ1n) is 9.91. The van der Waals surface area contributed by atoms with Gasteiger partial charge in [-0.1, -0.05) is 54.4 Å². The molecule has 2 aromatic rings. The smallest absolute Gasteiger partial charge is 0.200 e. The number of phenolic OH excluding ortho intramolecular Hbond substituents is 1. The maximum absolute atomic E-state index is 12.1. The van der Waals surface area contributed by atoms with Crippen LogP contribution in [-0.4, -0.2) is 16.3 Å². The van der Waals surface area contributed by atoms with Gasteiger partial charge in [-0.3, -0.25) is 10.1 Å². The molecule has 2 unspecified atom stereocenters. The molecule has 1 aliphatic carbocycles. The highest BCUT2D eigenvalue weighted by molar-refractivity contribution is 6.33. The van der Waals surface area contributed by atoms with Crippen molar-refractivity contribution in [2.24, 2.45) is 0 Å². The lowest BCUT2D eigenvalue weighted by Crippen LogP contribution is -2.29. The molecule has 0 amide bonds. The van der Waals surface area contributed by atoms with Crippen molar-refractivity contribution >= 4 is 34.2 Å². The van der Waals surface area contributed by atoms with Gasteiger partial charge in [0.1, 0.15) is 23.3 Å². The molecule has 3 N–H and O–H groups in total. The third-order valence-electron chi connectivity index (χ3n) is 5.41. The first-order valence-corrected chi connectivity index (χ1v) is 10.7. The predicted molar refractivity (Wildman–Crippen MR) is 124 cm³/mol. The van der Waals surface area contributed by atoms with Gasteiger partial charge in [-0.2, -0.15) is 0 Å². The van der Waals surface area contributed by atoms with Gasteiger partial charge < -0.3 is 14.6 Å². The van der Waals surface area contributed by atoms with Crippen molar-refractivity contribution < 1.29 is 14.6 Å². The zero-order valence-electron chi connectivity index (χ0n) is 16.9. The van der Waals surface area contributed by atoms with E-state index in [1.807, 2.05) is 38.1 Å². The summed E-state index contributed by atoms with van der Waals surface area (Å²) in [6.45, 7) is 4.06. The second-order valence-electron chi connectivity index (χ2n) is 7.56. The van der Waals surface area contributed by atoms with Gasteiger partial charge >= 0.3 is 0 Å². The zero-order chi connectivity index (χ0) is 22.3. The number of aromatic hydroxyl groups is 1. The molecule has 31 heavy (non-hydrogen) atoms. The van der Waals surface area contributed by atoms with Gasteiger partial charge in [-0.15, -0.1) is 0 Å². The fourth-order valence-corrected chi connectivity index (χ4v) is 3.85. The van der Waals surface area contributed by atoms with Gasteiger partial charge in [0.25, 0.3) is 0 Å². The van der Waals surface area contributed by atoms with E-state index in [9.17, 15) is 15.0 Å². The highest BCUT2D eigenvalue weighted by Gasteiger charge is 2.20. The number of aliphatic hydroxyl groups is 1. The fourth-order valence-electron chi connectivity index (χ4n) is 3.53. The summed E-state index contributed by atoms with van der Waals surface area (Å²) in [7, 11) is 0. The van der Waals surface area contributed by atoms with Crippen molar-refractivity contribution in [2.75, 3.05) is 0 Å². The molecule has 0 saturated carbocycles. The van der Waals surface area contributed by atoms with E-state index in [1.54, 1.807) is 12.1 Å². The Kier molecular flexibility index (Phi) is 5.95. The van der Waals surface area contributed by atoms with Gasteiger partial charge in [0.05, 0.1) is 10.0 Å². The molecule has 5 nitrogen and oxygen atoms in total. The van der Waals surface area contributed by atoms with Crippen LogP contribution in [0.15, 0.2) is 57.7 Å². The monoisotopic (exact) mass is 457 g/mol. The molecule has 0 bridgehead atoms. The molecule has 0 radical (unpaired) electrons. The number of rotatable bonds is 5. The summed E-state index contributed by atoms with van der Waals surface area (Å²) in [6, 6.07) is 13.6. The molecule has 0 aromatic heterocycles. The highest BCUT2D eigenvalue weighted by Crippen LogP contribution is 2.43. The Balaban J connectivity index is 1.92. The Bertz CT molecular complexity index is 1280. The number of phenols is 1. The second kappa shape index (κ2) is 8.52. The normalized spacial score (nSPS) is 13.6. The summed E-state index contributed by atoms with van der Waals surface area (Å²) < 4.78 is 5.87. The minimum atomic E-state index is -0.785. The quantitative estimate of drug-likeness (QED) is 0.254. The van der Waals surface area contributed by atoms with Crippen molar-refractivity contribution in [3.63, 3.8) is 0 Å². The van der Waals surface area contributed by atoms with Crippen LogP contribution in [0.4, 0.5) is 0 Å². The number of hydrogen-bond acceptors (Lipinski definition) is 5. The molecule has 7 heteroatoms. The van der Waals surface area contributed by atoms with Gasteiger partial charge in [0.15, 0.2) is 0 Å². The molecule has 0 spiro atoms. The molecular formula is C24H21Cl2NO4. The van der Waals surface area contributed by atoms with Crippen LogP contribution in [-0.2, 0) is 0 Å². The van der Waals surface area contributed by atoms with Gasteiger partial charge in [-0.25, -0.2) is 0 Å². The van der Waals surface area contributed by atoms with Crippen LogP contribution in [0, 0.1) is 0 Å². The minimum absolute atomic E-state index is 0.0815. The minimum Gasteiger partial charge on any atom is -0.506 e. The summed E-state index contributed by atoms with van der Waals surface area (Å²) in [5.74, 6) is 0.232. The highest BCUT2D eigenvalue weighted by atomic mass is 35.5. The van der Waals surface area contributed by atoms with Crippen LogP contribution in [0.1, 0.15) is 32.1 Å². The Morgan fingerprint density at radius 2 is 1.77 bits per heavy atom. The zero-order valence-corrected chi connectivity index (χ0v) is 18.5. The van der Waals surface area contributed by atoms with Gasteiger partial charge in [0, 0.05) is 34.7 Å². The van der Waals surface area contributed by atoms with Gasteiger partial charge in [0.2, 0.25) is 5.43 Å². The largest absolute Gasteiger partial charge is 0.506 e. The first kappa shape index (κ1) is 21.7. The maximum Gasteiger partial charge on any atom is 0.200 e. The average Bonchev–Trinajstić information content (AvgIpc) is 2.74. The summed E-state index contributed by atoms with van der Waals surface area (Å²) in [5.41, 5.74) is 2.99. The molecular weight excluding hydrogens is 437 g/mol. The molecule has 2 aromatic carbocycles. The number of nitrogens with one attached hydrogen (secondary N) is 1. The molecule has 4 rings (SSSR count). The van der Waals surface area contributed by atoms with Crippen molar-refractivity contribution in [1.82, 2.24) is 5.32 Å². The van der Waals surface area contributed by atoms with Crippen LogP contribution in [0.5, 0.6) is 5.75 Å². The van der Waals surface area contributed by atoms with E-state index < -0.39 is 6.23 Å². The van der Waals surface area contributed by atoms with Crippen LogP contribution in [0.3, 0.4) is 0 Å². The Morgan fingerprint density at radius 3 is 2.45 bits per heavy atom. The number of halogens is 2. The molecule has 1 heterocycles. The van der Waals surface area contributed by atoms with Crippen molar-refractivity contribution in [2.45, 2.75) is 32.5 Å². The average molecular weight is 458 g/mol. The lowest BCUT2D eigenvalue weighted by molar-refractivity contribution is 0.125. The summed E-state index contributed by atoms with van der Waals surface area (Å²) in [6.07, 6.45) is 0.114. The van der Waals surface area contributed by atoms with Crippen molar-refractivity contribution in [3.05, 3.63) is 74.4 Å². The van der Waals surface area contributed by atoms with E-state index in [4.69, 9.17) is 27.6 Å². The Morgan fingerprint density at radius 1 is 1.06 bits per heavy atom. The third-order valence-corrected chi connectivity index (χ3v) is 6.01. The summed E-state index contributed by atoms with van der Waals surface area (Å²) in [4.78, 5) is 12.1.